The van der Waals surface area contributed by atoms with Gasteiger partial charge in [-0.2, -0.15) is 0 Å². The van der Waals surface area contributed by atoms with Gasteiger partial charge in [-0.15, -0.1) is 0 Å². The summed E-state index contributed by atoms with van der Waals surface area (Å²) in [4.78, 5) is 24.5. The van der Waals surface area contributed by atoms with E-state index in [4.69, 9.17) is 14.6 Å². The predicted octanol–water partition coefficient (Wildman–Crippen LogP) is 2.31. The van der Waals surface area contributed by atoms with Crippen molar-refractivity contribution < 1.29 is 24.2 Å². The molecule has 2 rings (SSSR count). The van der Waals surface area contributed by atoms with E-state index in [1.807, 2.05) is 24.3 Å². The van der Waals surface area contributed by atoms with Crippen molar-refractivity contribution in [2.75, 3.05) is 26.3 Å². The van der Waals surface area contributed by atoms with Gasteiger partial charge in [-0.3, -0.25) is 4.79 Å². The largest absolute Gasteiger partial charge is 0.494 e. The van der Waals surface area contributed by atoms with Gasteiger partial charge >= 0.3 is 5.97 Å². The van der Waals surface area contributed by atoms with Crippen LogP contribution in [-0.4, -0.2) is 54.3 Å². The topological polar surface area (TPSA) is 76.1 Å². The summed E-state index contributed by atoms with van der Waals surface area (Å²) in [6.07, 6.45) is 0.975. The van der Waals surface area contributed by atoms with Gasteiger partial charge in [-0.05, 0) is 37.1 Å². The molecule has 23 heavy (non-hydrogen) atoms. The molecule has 1 amide bonds. The number of morpholine rings is 1. The highest BCUT2D eigenvalue weighted by molar-refractivity contribution is 9.10. The summed E-state index contributed by atoms with van der Waals surface area (Å²) in [5.41, 5.74) is 0. The van der Waals surface area contributed by atoms with E-state index < -0.39 is 12.1 Å². The van der Waals surface area contributed by atoms with Crippen molar-refractivity contribution >= 4 is 27.8 Å². The molecule has 1 aromatic rings. The zero-order valence-electron chi connectivity index (χ0n) is 12.7. The van der Waals surface area contributed by atoms with Gasteiger partial charge in [-0.1, -0.05) is 15.9 Å². The lowest BCUT2D eigenvalue weighted by Crippen LogP contribution is -2.48. The second kappa shape index (κ2) is 8.88. The highest BCUT2D eigenvalue weighted by Crippen LogP contribution is 2.16. The summed E-state index contributed by atoms with van der Waals surface area (Å²) < 4.78 is 11.7. The molecule has 0 spiro atoms. The van der Waals surface area contributed by atoms with E-state index in [-0.39, 0.29) is 19.1 Å². The van der Waals surface area contributed by atoms with E-state index in [1.54, 1.807) is 4.90 Å². The highest BCUT2D eigenvalue weighted by atomic mass is 79.9. The Morgan fingerprint density at radius 1 is 1.30 bits per heavy atom. The van der Waals surface area contributed by atoms with Gasteiger partial charge in [-0.25, -0.2) is 4.79 Å². The molecule has 0 bridgehead atoms. The van der Waals surface area contributed by atoms with Crippen LogP contribution < -0.4 is 4.74 Å². The second-order valence-corrected chi connectivity index (χ2v) is 6.21. The van der Waals surface area contributed by atoms with Crippen molar-refractivity contribution in [1.29, 1.82) is 0 Å². The molecule has 1 aromatic carbocycles. The number of aliphatic carboxylic acids is 1. The normalized spacial score (nSPS) is 17.8. The van der Waals surface area contributed by atoms with E-state index in [2.05, 4.69) is 15.9 Å². The van der Waals surface area contributed by atoms with Crippen LogP contribution in [0.5, 0.6) is 5.75 Å². The maximum atomic E-state index is 12.1. The molecule has 0 aromatic heterocycles. The van der Waals surface area contributed by atoms with Crippen LogP contribution >= 0.6 is 15.9 Å². The molecule has 1 N–H and O–H groups in total. The molecule has 1 aliphatic rings. The van der Waals surface area contributed by atoms with Crippen molar-refractivity contribution in [3.8, 4) is 5.75 Å². The number of hydrogen-bond acceptors (Lipinski definition) is 4. The van der Waals surface area contributed by atoms with Crippen LogP contribution in [0.1, 0.15) is 19.3 Å². The Balaban J connectivity index is 1.62. The molecule has 1 saturated heterocycles. The van der Waals surface area contributed by atoms with Gasteiger partial charge in [0.2, 0.25) is 5.91 Å². The van der Waals surface area contributed by atoms with E-state index in [0.717, 1.165) is 16.6 Å². The van der Waals surface area contributed by atoms with Gasteiger partial charge in [0.05, 0.1) is 19.8 Å². The number of halogens is 1. The minimum absolute atomic E-state index is 0.0248. The van der Waals surface area contributed by atoms with Crippen molar-refractivity contribution in [1.82, 2.24) is 4.90 Å². The smallest absolute Gasteiger partial charge is 0.334 e. The number of unbranched alkanes of at least 4 members (excludes halogenated alkanes) is 1. The molecule has 126 valence electrons. The first-order chi connectivity index (χ1) is 11.1. The maximum absolute atomic E-state index is 12.1. The Labute approximate surface area is 143 Å². The van der Waals surface area contributed by atoms with Gasteiger partial charge < -0.3 is 19.5 Å². The third-order valence-electron chi connectivity index (χ3n) is 3.56. The lowest BCUT2D eigenvalue weighted by Gasteiger charge is -2.30. The highest BCUT2D eigenvalue weighted by Gasteiger charge is 2.28. The zero-order chi connectivity index (χ0) is 16.7. The van der Waals surface area contributed by atoms with Gasteiger partial charge in [0.15, 0.2) is 6.10 Å². The van der Waals surface area contributed by atoms with Crippen LogP contribution in [0.25, 0.3) is 0 Å². The fourth-order valence-electron chi connectivity index (χ4n) is 2.28. The SMILES string of the molecule is O=C(O)[C@@H]1CN(C(=O)CCCCOc2ccc(Br)cc2)CCO1. The maximum Gasteiger partial charge on any atom is 0.334 e. The number of rotatable bonds is 7. The fourth-order valence-corrected chi connectivity index (χ4v) is 2.55. The van der Waals surface area contributed by atoms with Crippen LogP contribution in [0.3, 0.4) is 0 Å². The number of carboxylic acids is 1. The van der Waals surface area contributed by atoms with Crippen LogP contribution in [0.4, 0.5) is 0 Å². The lowest BCUT2D eigenvalue weighted by molar-refractivity contribution is -0.159. The number of carbonyl (C=O) groups is 2. The molecule has 0 saturated carbocycles. The Hall–Kier alpha value is -1.60. The van der Waals surface area contributed by atoms with Crippen LogP contribution in [-0.2, 0) is 14.3 Å². The number of benzene rings is 1. The lowest BCUT2D eigenvalue weighted by atomic mass is 10.2. The zero-order valence-corrected chi connectivity index (χ0v) is 14.3. The Morgan fingerprint density at radius 2 is 2.04 bits per heavy atom. The molecule has 7 heteroatoms. The van der Waals surface area contributed by atoms with Crippen molar-refractivity contribution in [3.05, 3.63) is 28.7 Å². The average molecular weight is 386 g/mol. The van der Waals surface area contributed by atoms with E-state index >= 15 is 0 Å². The summed E-state index contributed by atoms with van der Waals surface area (Å²) in [6.45, 7) is 1.41. The molecule has 1 atom stereocenters. The third-order valence-corrected chi connectivity index (χ3v) is 4.09. The summed E-state index contributed by atoms with van der Waals surface area (Å²) in [5, 5.41) is 8.93. The van der Waals surface area contributed by atoms with E-state index in [0.29, 0.717) is 26.0 Å². The summed E-state index contributed by atoms with van der Waals surface area (Å²) in [7, 11) is 0. The number of nitrogens with zero attached hydrogens (tertiary/aromatic N) is 1. The number of carbonyl (C=O) groups excluding carboxylic acids is 1. The molecule has 6 nitrogen and oxygen atoms in total. The summed E-state index contributed by atoms with van der Waals surface area (Å²) >= 11 is 3.36. The standard InChI is InChI=1S/C16H20BrNO5/c17-12-4-6-13(7-5-12)22-9-2-1-3-15(19)18-8-10-23-14(11-18)16(20)21/h4-7,14H,1-3,8-11H2,(H,20,21)/t14-/m0/s1. The number of hydrogen-bond donors (Lipinski definition) is 1. The molecule has 1 heterocycles. The molecular formula is C16H20BrNO5. The van der Waals surface area contributed by atoms with Gasteiger partial charge in [0.1, 0.15) is 5.75 Å². The van der Waals surface area contributed by atoms with Crippen molar-refractivity contribution in [2.24, 2.45) is 0 Å². The molecule has 1 fully saturated rings. The van der Waals surface area contributed by atoms with Gasteiger partial charge in [0, 0.05) is 17.4 Å². The number of amides is 1. The minimum Gasteiger partial charge on any atom is -0.494 e. The van der Waals surface area contributed by atoms with E-state index in [9.17, 15) is 9.59 Å². The first-order valence-corrected chi connectivity index (χ1v) is 8.36. The summed E-state index contributed by atoms with van der Waals surface area (Å²) in [6, 6.07) is 7.59. The Kier molecular flexibility index (Phi) is 6.85. The van der Waals surface area contributed by atoms with Crippen LogP contribution in [0.15, 0.2) is 28.7 Å². The molecule has 0 aliphatic carbocycles. The van der Waals surface area contributed by atoms with Crippen LogP contribution in [0, 0.1) is 0 Å². The second-order valence-electron chi connectivity index (χ2n) is 5.30. The van der Waals surface area contributed by atoms with E-state index in [1.165, 1.54) is 0 Å². The average Bonchev–Trinajstić information content (AvgIpc) is 2.56. The summed E-state index contributed by atoms with van der Waals surface area (Å²) in [5.74, 6) is -0.245. The fraction of sp³-hybridized carbons (Fsp3) is 0.500. The predicted molar refractivity (Wildman–Crippen MR) is 87.4 cm³/mol. The number of ether oxygens (including phenoxy) is 2. The molecule has 0 radical (unpaired) electrons. The Morgan fingerprint density at radius 3 is 2.74 bits per heavy atom. The van der Waals surface area contributed by atoms with Crippen molar-refractivity contribution in [2.45, 2.75) is 25.4 Å². The van der Waals surface area contributed by atoms with Crippen molar-refractivity contribution in [3.63, 3.8) is 0 Å². The van der Waals surface area contributed by atoms with Crippen LogP contribution in [0.2, 0.25) is 0 Å². The minimum atomic E-state index is -1.02. The third kappa shape index (κ3) is 5.84. The first kappa shape index (κ1) is 17.7. The molecule has 0 unspecified atom stereocenters. The number of carboxylic acid groups (broad SMARTS) is 1. The molecular weight excluding hydrogens is 366 g/mol. The first-order valence-electron chi connectivity index (χ1n) is 7.57. The monoisotopic (exact) mass is 385 g/mol. The quantitative estimate of drug-likeness (QED) is 0.728. The van der Waals surface area contributed by atoms with Gasteiger partial charge in [0.25, 0.3) is 0 Å². The molecule has 1 aliphatic heterocycles. The Bertz CT molecular complexity index is 534.